The van der Waals surface area contributed by atoms with E-state index in [1.807, 2.05) is 0 Å². The first-order chi connectivity index (χ1) is 11.9. The fraction of sp³-hybridized carbons (Fsp3) is 0.118. The Morgan fingerprint density at radius 2 is 1.92 bits per heavy atom. The van der Waals surface area contributed by atoms with Gasteiger partial charge >= 0.3 is 6.61 Å². The number of halogens is 4. The molecule has 0 aliphatic heterocycles. The molecule has 8 heteroatoms. The Kier molecular flexibility index (Phi) is 6.61. The van der Waals surface area contributed by atoms with Crippen molar-refractivity contribution in [2.45, 2.75) is 6.61 Å². The second kappa shape index (κ2) is 8.69. The Balaban J connectivity index is 2.08. The number of carbonyl (C=O) groups is 1. The second-order valence-corrected chi connectivity index (χ2v) is 5.58. The van der Waals surface area contributed by atoms with Crippen LogP contribution in [0.5, 0.6) is 11.5 Å². The van der Waals surface area contributed by atoms with Gasteiger partial charge in [-0.15, -0.1) is 0 Å². The Morgan fingerprint density at radius 1 is 1.16 bits per heavy atom. The molecule has 4 nitrogen and oxygen atoms in total. The lowest BCUT2D eigenvalue weighted by molar-refractivity contribution is -0.111. The molecule has 25 heavy (non-hydrogen) atoms. The fourth-order valence-corrected chi connectivity index (χ4v) is 2.37. The van der Waals surface area contributed by atoms with Crippen molar-refractivity contribution in [2.75, 3.05) is 12.4 Å². The molecule has 0 atom stereocenters. The van der Waals surface area contributed by atoms with Gasteiger partial charge in [-0.25, -0.2) is 0 Å². The lowest BCUT2D eigenvalue weighted by Gasteiger charge is -2.10. The molecular formula is C17H13Cl2F2NO3. The second-order valence-electron chi connectivity index (χ2n) is 4.74. The molecule has 0 fully saturated rings. The van der Waals surface area contributed by atoms with Crippen LogP contribution in [0, 0.1) is 0 Å². The van der Waals surface area contributed by atoms with E-state index in [4.69, 9.17) is 27.9 Å². The van der Waals surface area contributed by atoms with Crippen molar-refractivity contribution >= 4 is 40.9 Å². The third-order valence-corrected chi connectivity index (χ3v) is 3.57. The molecule has 0 radical (unpaired) electrons. The first-order valence-electron chi connectivity index (χ1n) is 6.96. The third kappa shape index (κ3) is 5.62. The number of benzene rings is 2. The lowest BCUT2D eigenvalue weighted by atomic mass is 10.2. The number of carbonyl (C=O) groups excluding carboxylic acids is 1. The van der Waals surface area contributed by atoms with Crippen LogP contribution < -0.4 is 14.8 Å². The minimum Gasteiger partial charge on any atom is -0.493 e. The number of anilines is 1. The highest BCUT2D eigenvalue weighted by Crippen LogP contribution is 2.30. The number of ether oxygens (including phenoxy) is 2. The normalized spacial score (nSPS) is 11.0. The molecule has 0 saturated carbocycles. The highest BCUT2D eigenvalue weighted by molar-refractivity contribution is 6.36. The SMILES string of the molecule is COc1cc(/C=C/C(=O)Nc2ccc(Cl)cc2Cl)ccc1OC(F)F. The molecule has 1 amide bonds. The number of amides is 1. The quantitative estimate of drug-likeness (QED) is 0.688. The molecule has 2 rings (SSSR count). The van der Waals surface area contributed by atoms with Crippen molar-refractivity contribution in [3.8, 4) is 11.5 Å². The summed E-state index contributed by atoms with van der Waals surface area (Å²) in [7, 11) is 1.33. The van der Waals surface area contributed by atoms with E-state index in [9.17, 15) is 13.6 Å². The Bertz CT molecular complexity index is 797. The van der Waals surface area contributed by atoms with Crippen LogP contribution >= 0.6 is 23.2 Å². The molecule has 0 saturated heterocycles. The van der Waals surface area contributed by atoms with Crippen molar-refractivity contribution in [1.82, 2.24) is 0 Å². The summed E-state index contributed by atoms with van der Waals surface area (Å²) in [6, 6.07) is 9.00. The van der Waals surface area contributed by atoms with Crippen LogP contribution in [-0.4, -0.2) is 19.6 Å². The van der Waals surface area contributed by atoms with Crippen molar-refractivity contribution in [3.63, 3.8) is 0 Å². The number of alkyl halides is 2. The Hall–Kier alpha value is -2.31. The number of nitrogens with one attached hydrogen (secondary N) is 1. The van der Waals surface area contributed by atoms with E-state index in [0.29, 0.717) is 21.3 Å². The molecule has 2 aromatic rings. The summed E-state index contributed by atoms with van der Waals surface area (Å²) >= 11 is 11.8. The van der Waals surface area contributed by atoms with Gasteiger partial charge in [0.25, 0.3) is 0 Å². The van der Waals surface area contributed by atoms with Crippen molar-refractivity contribution in [3.05, 3.63) is 58.1 Å². The molecular weight excluding hydrogens is 375 g/mol. The van der Waals surface area contributed by atoms with Gasteiger partial charge in [0.15, 0.2) is 11.5 Å². The van der Waals surface area contributed by atoms with Gasteiger partial charge in [0.05, 0.1) is 17.8 Å². The summed E-state index contributed by atoms with van der Waals surface area (Å²) in [5, 5.41) is 3.37. The number of methoxy groups -OCH3 is 1. The van der Waals surface area contributed by atoms with Crippen LogP contribution in [0.1, 0.15) is 5.56 Å². The molecule has 0 aliphatic carbocycles. The summed E-state index contributed by atoms with van der Waals surface area (Å²) in [6.45, 7) is -2.95. The molecule has 0 aliphatic rings. The van der Waals surface area contributed by atoms with E-state index in [1.165, 1.54) is 43.5 Å². The zero-order valence-corrected chi connectivity index (χ0v) is 14.4. The van der Waals surface area contributed by atoms with Gasteiger partial charge in [-0.3, -0.25) is 4.79 Å². The van der Waals surface area contributed by atoms with Crippen LogP contribution in [0.3, 0.4) is 0 Å². The minimum atomic E-state index is -2.95. The summed E-state index contributed by atoms with van der Waals surface area (Å²) < 4.78 is 33.9. The van der Waals surface area contributed by atoms with Crippen LogP contribution in [0.4, 0.5) is 14.5 Å². The van der Waals surface area contributed by atoms with E-state index in [0.717, 1.165) is 0 Å². The number of hydrogen-bond donors (Lipinski definition) is 1. The van der Waals surface area contributed by atoms with Crippen LogP contribution in [-0.2, 0) is 4.79 Å². The molecule has 0 aromatic heterocycles. The zero-order valence-electron chi connectivity index (χ0n) is 12.9. The summed E-state index contributed by atoms with van der Waals surface area (Å²) in [5.41, 5.74) is 0.981. The monoisotopic (exact) mass is 387 g/mol. The highest BCUT2D eigenvalue weighted by Gasteiger charge is 2.10. The van der Waals surface area contributed by atoms with Crippen molar-refractivity contribution < 1.29 is 23.0 Å². The van der Waals surface area contributed by atoms with Gasteiger partial charge in [-0.1, -0.05) is 29.3 Å². The van der Waals surface area contributed by atoms with Crippen LogP contribution in [0.2, 0.25) is 10.0 Å². The predicted molar refractivity (Wildman–Crippen MR) is 93.8 cm³/mol. The maximum atomic E-state index is 12.3. The molecule has 1 N–H and O–H groups in total. The zero-order chi connectivity index (χ0) is 18.4. The molecule has 0 heterocycles. The smallest absolute Gasteiger partial charge is 0.387 e. The number of rotatable bonds is 6. The van der Waals surface area contributed by atoms with Crippen molar-refractivity contribution in [1.29, 1.82) is 0 Å². The molecule has 0 bridgehead atoms. The Morgan fingerprint density at radius 3 is 2.56 bits per heavy atom. The molecule has 2 aromatic carbocycles. The van der Waals surface area contributed by atoms with E-state index in [2.05, 4.69) is 10.1 Å². The van der Waals surface area contributed by atoms with Gasteiger partial charge in [-0.05, 0) is 42.0 Å². The van der Waals surface area contributed by atoms with Gasteiger partial charge < -0.3 is 14.8 Å². The van der Waals surface area contributed by atoms with Gasteiger partial charge in [0.1, 0.15) is 0 Å². The third-order valence-electron chi connectivity index (χ3n) is 3.02. The maximum absolute atomic E-state index is 12.3. The first kappa shape index (κ1) is 19.0. The van der Waals surface area contributed by atoms with E-state index >= 15 is 0 Å². The van der Waals surface area contributed by atoms with E-state index in [-0.39, 0.29) is 11.5 Å². The summed E-state index contributed by atoms with van der Waals surface area (Å²) in [4.78, 5) is 11.9. The average molecular weight is 388 g/mol. The van der Waals surface area contributed by atoms with Crippen LogP contribution in [0.15, 0.2) is 42.5 Å². The molecule has 132 valence electrons. The van der Waals surface area contributed by atoms with Gasteiger partial charge in [0, 0.05) is 11.1 Å². The summed E-state index contributed by atoms with van der Waals surface area (Å²) in [5.74, 6) is -0.383. The largest absolute Gasteiger partial charge is 0.493 e. The maximum Gasteiger partial charge on any atom is 0.387 e. The predicted octanol–water partition coefficient (Wildman–Crippen LogP) is 5.26. The topological polar surface area (TPSA) is 47.6 Å². The van der Waals surface area contributed by atoms with E-state index < -0.39 is 12.5 Å². The fourth-order valence-electron chi connectivity index (χ4n) is 1.92. The highest BCUT2D eigenvalue weighted by atomic mass is 35.5. The lowest BCUT2D eigenvalue weighted by Crippen LogP contribution is -2.08. The molecule has 0 spiro atoms. The standard InChI is InChI=1S/C17H13Cl2F2NO3/c1-24-15-8-10(2-6-14(15)25-17(20)21)3-7-16(23)22-13-5-4-11(18)9-12(13)19/h2-9,17H,1H3,(H,22,23)/b7-3+. The van der Waals surface area contributed by atoms with Gasteiger partial charge in [0.2, 0.25) is 5.91 Å². The van der Waals surface area contributed by atoms with Crippen LogP contribution in [0.25, 0.3) is 6.08 Å². The molecule has 0 unspecified atom stereocenters. The van der Waals surface area contributed by atoms with E-state index in [1.54, 1.807) is 12.1 Å². The average Bonchev–Trinajstić information content (AvgIpc) is 2.56. The first-order valence-corrected chi connectivity index (χ1v) is 7.71. The van der Waals surface area contributed by atoms with Gasteiger partial charge in [-0.2, -0.15) is 8.78 Å². The minimum absolute atomic E-state index is 0.0907. The number of hydrogen-bond acceptors (Lipinski definition) is 3. The Labute approximate surface area is 152 Å². The summed E-state index contributed by atoms with van der Waals surface area (Å²) in [6.07, 6.45) is 2.77. The van der Waals surface area contributed by atoms with Crippen molar-refractivity contribution in [2.24, 2.45) is 0 Å².